The summed E-state index contributed by atoms with van der Waals surface area (Å²) in [4.78, 5) is 15.7. The van der Waals surface area contributed by atoms with Crippen LogP contribution < -0.4 is 20.8 Å². The van der Waals surface area contributed by atoms with E-state index in [1.165, 1.54) is 12.1 Å². The molecule has 1 amide bonds. The Labute approximate surface area is 220 Å². The first-order valence-electron chi connectivity index (χ1n) is 11.9. The van der Waals surface area contributed by atoms with Gasteiger partial charge in [-0.05, 0) is 60.2 Å². The Bertz CT molecular complexity index is 1520. The molecule has 0 radical (unpaired) electrons. The van der Waals surface area contributed by atoms with Crippen LogP contribution in [0.25, 0.3) is 0 Å². The number of hydrogen-bond donors (Lipinski definition) is 1. The maximum atomic E-state index is 15.5. The zero-order valence-electron chi connectivity index (χ0n) is 19.9. The van der Waals surface area contributed by atoms with Gasteiger partial charge in [-0.3, -0.25) is 14.0 Å². The van der Waals surface area contributed by atoms with Crippen molar-refractivity contribution in [2.75, 3.05) is 11.9 Å². The second kappa shape index (κ2) is 8.65. The SMILES string of the molecule is CN1C(=O)[C@]2(NC(=S)N(P(=O)(c3ccccc3)c3ccccc3)[C@@H]2c2ccc(F)cc2)c2ccccc21. The third-order valence-electron chi connectivity index (χ3n) is 7.20. The fourth-order valence-corrected chi connectivity index (χ4v) is 9.05. The van der Waals surface area contributed by atoms with Crippen molar-refractivity contribution in [1.82, 2.24) is 9.99 Å². The van der Waals surface area contributed by atoms with Gasteiger partial charge in [-0.25, -0.2) is 4.39 Å². The van der Waals surface area contributed by atoms with Crippen molar-refractivity contribution in [3.8, 4) is 0 Å². The normalized spacial score (nSPS) is 20.9. The Balaban J connectivity index is 1.68. The number of halogens is 1. The van der Waals surface area contributed by atoms with Crippen LogP contribution >= 0.6 is 19.5 Å². The number of rotatable bonds is 4. The molecule has 1 fully saturated rings. The average molecular weight is 528 g/mol. The number of anilines is 1. The summed E-state index contributed by atoms with van der Waals surface area (Å²) >= 11 is 5.92. The first-order chi connectivity index (χ1) is 17.9. The highest BCUT2D eigenvalue weighted by Gasteiger charge is 2.65. The summed E-state index contributed by atoms with van der Waals surface area (Å²) in [7, 11) is -1.91. The topological polar surface area (TPSA) is 52.7 Å². The lowest BCUT2D eigenvalue weighted by Gasteiger charge is -2.38. The van der Waals surface area contributed by atoms with Crippen LogP contribution in [0.3, 0.4) is 0 Å². The van der Waals surface area contributed by atoms with Crippen molar-refractivity contribution < 1.29 is 13.8 Å². The second-order valence-corrected chi connectivity index (χ2v) is 12.2. The summed E-state index contributed by atoms with van der Waals surface area (Å²) in [6.45, 7) is 0. The van der Waals surface area contributed by atoms with E-state index in [0.29, 0.717) is 16.2 Å². The van der Waals surface area contributed by atoms with Crippen LogP contribution in [-0.4, -0.2) is 22.7 Å². The van der Waals surface area contributed by atoms with Gasteiger partial charge in [-0.2, -0.15) is 0 Å². The summed E-state index contributed by atoms with van der Waals surface area (Å²) in [6.07, 6.45) is 0. The summed E-state index contributed by atoms with van der Waals surface area (Å²) in [6, 6.07) is 31.0. The molecule has 4 aromatic rings. The van der Waals surface area contributed by atoms with Crippen molar-refractivity contribution in [3.63, 3.8) is 0 Å². The van der Waals surface area contributed by atoms with Crippen LogP contribution in [0.4, 0.5) is 10.1 Å². The van der Waals surface area contributed by atoms with Crippen molar-refractivity contribution in [2.45, 2.75) is 11.6 Å². The monoisotopic (exact) mass is 527 g/mol. The minimum atomic E-state index is -3.63. The van der Waals surface area contributed by atoms with E-state index >= 15 is 4.57 Å². The van der Waals surface area contributed by atoms with Gasteiger partial charge in [0.2, 0.25) is 7.29 Å². The van der Waals surface area contributed by atoms with Gasteiger partial charge in [-0.15, -0.1) is 0 Å². The maximum absolute atomic E-state index is 15.5. The minimum absolute atomic E-state index is 0.198. The van der Waals surface area contributed by atoms with Crippen LogP contribution in [0.2, 0.25) is 0 Å². The van der Waals surface area contributed by atoms with Gasteiger partial charge in [0.15, 0.2) is 10.7 Å². The van der Waals surface area contributed by atoms with Gasteiger partial charge in [0.25, 0.3) is 5.91 Å². The van der Waals surface area contributed by atoms with Crippen molar-refractivity contribution in [1.29, 1.82) is 0 Å². The van der Waals surface area contributed by atoms with Gasteiger partial charge in [0, 0.05) is 28.9 Å². The van der Waals surface area contributed by atoms with Gasteiger partial charge in [0.1, 0.15) is 5.82 Å². The summed E-state index contributed by atoms with van der Waals surface area (Å²) in [5.74, 6) is -0.622. The van der Waals surface area contributed by atoms with Crippen molar-refractivity contribution in [2.24, 2.45) is 0 Å². The quantitative estimate of drug-likeness (QED) is 0.304. The molecular formula is C29H23FN3O2PS. The Hall–Kier alpha value is -3.80. The van der Waals surface area contributed by atoms with Crippen LogP contribution in [-0.2, 0) is 14.9 Å². The number of para-hydroxylation sites is 1. The van der Waals surface area contributed by atoms with E-state index < -0.39 is 24.7 Å². The molecule has 2 atom stereocenters. The second-order valence-electron chi connectivity index (χ2n) is 9.17. The third-order valence-corrected chi connectivity index (χ3v) is 10.7. The number of benzene rings is 4. The Morgan fingerprint density at radius 3 is 1.97 bits per heavy atom. The molecule has 1 saturated heterocycles. The molecule has 0 aromatic heterocycles. The van der Waals surface area contributed by atoms with E-state index in [0.717, 1.165) is 11.3 Å². The Morgan fingerprint density at radius 2 is 1.38 bits per heavy atom. The molecule has 184 valence electrons. The first kappa shape index (κ1) is 23.6. The van der Waals surface area contributed by atoms with E-state index in [1.807, 2.05) is 84.9 Å². The number of amides is 1. The third kappa shape index (κ3) is 3.31. The molecule has 2 heterocycles. The van der Waals surface area contributed by atoms with E-state index in [2.05, 4.69) is 5.32 Å². The predicted molar refractivity (Wildman–Crippen MR) is 148 cm³/mol. The zero-order chi connectivity index (χ0) is 25.8. The van der Waals surface area contributed by atoms with Crippen molar-refractivity contribution >= 4 is 46.8 Å². The molecule has 5 nitrogen and oxygen atoms in total. The maximum Gasteiger partial charge on any atom is 0.259 e. The predicted octanol–water partition coefficient (Wildman–Crippen LogP) is 4.86. The van der Waals surface area contributed by atoms with Crippen LogP contribution in [0.1, 0.15) is 17.2 Å². The van der Waals surface area contributed by atoms with E-state index in [1.54, 1.807) is 28.8 Å². The highest BCUT2D eigenvalue weighted by Crippen LogP contribution is 2.61. The number of hydrogen-bond acceptors (Lipinski definition) is 3. The molecule has 1 spiro atoms. The molecule has 0 unspecified atom stereocenters. The van der Waals surface area contributed by atoms with Crippen LogP contribution in [0, 0.1) is 5.82 Å². The first-order valence-corrected chi connectivity index (χ1v) is 13.9. The van der Waals surface area contributed by atoms with Gasteiger partial charge in [0.05, 0.1) is 6.04 Å². The van der Waals surface area contributed by atoms with Crippen LogP contribution in [0.5, 0.6) is 0 Å². The van der Waals surface area contributed by atoms with Gasteiger partial charge in [-0.1, -0.05) is 66.7 Å². The minimum Gasteiger partial charge on any atom is -0.342 e. The fraction of sp³-hybridized carbons (Fsp3) is 0.103. The molecular weight excluding hydrogens is 504 g/mol. The number of thiocarbonyl (C=S) groups is 1. The van der Waals surface area contributed by atoms with Gasteiger partial charge >= 0.3 is 0 Å². The molecule has 8 heteroatoms. The Morgan fingerprint density at radius 1 is 0.838 bits per heavy atom. The number of nitrogens with one attached hydrogen (secondary N) is 1. The lowest BCUT2D eigenvalue weighted by Crippen LogP contribution is -2.50. The number of carbonyl (C=O) groups is 1. The molecule has 2 aliphatic heterocycles. The van der Waals surface area contributed by atoms with E-state index in [4.69, 9.17) is 12.2 Å². The molecule has 6 rings (SSSR count). The fourth-order valence-electron chi connectivity index (χ4n) is 5.55. The summed E-state index contributed by atoms with van der Waals surface area (Å²) < 4.78 is 31.3. The molecule has 2 aliphatic rings. The highest BCUT2D eigenvalue weighted by atomic mass is 32.1. The van der Waals surface area contributed by atoms with Crippen molar-refractivity contribution in [3.05, 3.63) is 126 Å². The van der Waals surface area contributed by atoms with E-state index in [-0.39, 0.29) is 11.0 Å². The number of carbonyl (C=O) groups excluding carboxylic acids is 1. The molecule has 0 aliphatic carbocycles. The average Bonchev–Trinajstić information content (AvgIpc) is 3.37. The smallest absolute Gasteiger partial charge is 0.259 e. The summed E-state index contributed by atoms with van der Waals surface area (Å²) in [5, 5.41) is 4.69. The molecule has 0 saturated carbocycles. The lowest BCUT2D eigenvalue weighted by molar-refractivity contribution is -0.124. The Kier molecular flexibility index (Phi) is 5.51. The standard InChI is InChI=1S/C29H23FN3O2PS/c1-32-25-15-9-8-14-24(25)29(27(32)34)26(20-16-18-21(30)19-17-20)33(28(37)31-29)36(35,22-10-4-2-5-11-22)23-12-6-3-7-13-23/h2-19,26H,1H3,(H,31,37)/t26-,29+/m1/s1. The molecule has 1 N–H and O–H groups in total. The number of likely N-dealkylation sites (N-methyl/N-ethyl adjacent to an activating group) is 1. The largest absolute Gasteiger partial charge is 0.342 e. The molecule has 0 bridgehead atoms. The number of nitrogens with zero attached hydrogens (tertiary/aromatic N) is 2. The lowest BCUT2D eigenvalue weighted by atomic mass is 9.81. The van der Waals surface area contributed by atoms with Gasteiger partial charge < -0.3 is 10.2 Å². The van der Waals surface area contributed by atoms with E-state index in [9.17, 15) is 9.18 Å². The molecule has 4 aromatic carbocycles. The summed E-state index contributed by atoms with van der Waals surface area (Å²) in [5.41, 5.74) is 0.749. The number of fused-ring (bicyclic) bond motifs is 2. The van der Waals surface area contributed by atoms with Crippen LogP contribution in [0.15, 0.2) is 109 Å². The molecule has 37 heavy (non-hydrogen) atoms. The zero-order valence-corrected chi connectivity index (χ0v) is 21.6. The highest BCUT2D eigenvalue weighted by molar-refractivity contribution is 7.83.